The van der Waals surface area contributed by atoms with E-state index in [1.165, 1.54) is 0 Å². The van der Waals surface area contributed by atoms with E-state index >= 15 is 0 Å². The predicted octanol–water partition coefficient (Wildman–Crippen LogP) is 3.56. The first kappa shape index (κ1) is 13.6. The van der Waals surface area contributed by atoms with Gasteiger partial charge in [-0.1, -0.05) is 51.8 Å². The molecule has 0 atom stereocenters. The van der Waals surface area contributed by atoms with Crippen molar-refractivity contribution in [1.82, 2.24) is 5.32 Å². The molecule has 0 aliphatic heterocycles. The summed E-state index contributed by atoms with van der Waals surface area (Å²) in [5, 5.41) is 3.68. The number of hydrogen-bond acceptors (Lipinski definition) is 1. The van der Waals surface area contributed by atoms with Crippen LogP contribution in [0.15, 0.2) is 29.3 Å². The monoisotopic (exact) mass is 321 g/mol. The summed E-state index contributed by atoms with van der Waals surface area (Å²) >= 11 is 15.0. The van der Waals surface area contributed by atoms with Gasteiger partial charge in [-0.2, -0.15) is 0 Å². The Hall–Kier alpha value is -0.510. The van der Waals surface area contributed by atoms with Crippen molar-refractivity contribution in [1.29, 1.82) is 0 Å². The maximum Gasteiger partial charge on any atom is 0.224 e. The van der Waals surface area contributed by atoms with Crippen molar-refractivity contribution in [2.75, 3.05) is 6.54 Å². The van der Waals surface area contributed by atoms with Crippen LogP contribution in [0.25, 0.3) is 0 Å². The van der Waals surface area contributed by atoms with Gasteiger partial charge in [-0.05, 0) is 17.7 Å². The van der Waals surface area contributed by atoms with Crippen molar-refractivity contribution in [3.63, 3.8) is 0 Å². The molecule has 0 fully saturated rings. The average Bonchev–Trinajstić information content (AvgIpc) is 2.21. The minimum atomic E-state index is -0.143. The van der Waals surface area contributed by atoms with E-state index in [-0.39, 0.29) is 12.3 Å². The Morgan fingerprint density at radius 3 is 2.44 bits per heavy atom. The summed E-state index contributed by atoms with van der Waals surface area (Å²) in [5.41, 5.74) is 0.642. The van der Waals surface area contributed by atoms with Gasteiger partial charge in [-0.15, -0.1) is 0 Å². The second kappa shape index (κ2) is 6.28. The lowest BCUT2D eigenvalue weighted by molar-refractivity contribution is -0.120. The summed E-state index contributed by atoms with van der Waals surface area (Å²) < 4.78 is 0.714. The summed E-state index contributed by atoms with van der Waals surface area (Å²) in [5.74, 6) is -0.143. The maximum atomic E-state index is 11.5. The van der Waals surface area contributed by atoms with E-state index in [9.17, 15) is 4.79 Å². The normalized spacial score (nSPS) is 9.94. The number of carbonyl (C=O) groups excluding carboxylic acids is 1. The van der Waals surface area contributed by atoms with Crippen LogP contribution in [0.5, 0.6) is 0 Å². The van der Waals surface area contributed by atoms with Crippen molar-refractivity contribution in [3.05, 3.63) is 44.9 Å². The Labute approximate surface area is 113 Å². The highest BCUT2D eigenvalue weighted by Gasteiger charge is 2.10. The zero-order valence-corrected chi connectivity index (χ0v) is 11.5. The number of amides is 1. The van der Waals surface area contributed by atoms with Crippen molar-refractivity contribution in [3.8, 4) is 0 Å². The predicted molar refractivity (Wildman–Crippen MR) is 71.2 cm³/mol. The standard InChI is InChI=1S/C11H10BrCl2NO/c1-7(12)6-15-11(16)5-8-9(13)3-2-4-10(8)14/h2-4H,1,5-6H2,(H,15,16). The molecule has 0 bridgehead atoms. The van der Waals surface area contributed by atoms with Crippen LogP contribution in [0, 0.1) is 0 Å². The lowest BCUT2D eigenvalue weighted by Gasteiger charge is -2.07. The first-order valence-electron chi connectivity index (χ1n) is 4.53. The molecule has 0 aliphatic rings. The lowest BCUT2D eigenvalue weighted by atomic mass is 10.1. The SMILES string of the molecule is C=C(Br)CNC(=O)Cc1c(Cl)cccc1Cl. The number of benzene rings is 1. The van der Waals surface area contributed by atoms with Gasteiger partial charge >= 0.3 is 0 Å². The fourth-order valence-electron chi connectivity index (χ4n) is 1.12. The number of carbonyl (C=O) groups is 1. The molecule has 2 nitrogen and oxygen atoms in total. The largest absolute Gasteiger partial charge is 0.351 e. The van der Waals surface area contributed by atoms with Crippen LogP contribution < -0.4 is 5.32 Å². The van der Waals surface area contributed by atoms with Gasteiger partial charge in [0.25, 0.3) is 0 Å². The topological polar surface area (TPSA) is 29.1 Å². The van der Waals surface area contributed by atoms with Gasteiger partial charge in [0.1, 0.15) is 0 Å². The van der Waals surface area contributed by atoms with Crippen LogP contribution in [0.4, 0.5) is 0 Å². The molecule has 0 heterocycles. The van der Waals surface area contributed by atoms with Gasteiger partial charge < -0.3 is 5.32 Å². The Morgan fingerprint density at radius 2 is 1.94 bits per heavy atom. The molecule has 0 aliphatic carbocycles. The molecule has 0 aromatic heterocycles. The zero-order chi connectivity index (χ0) is 12.1. The molecule has 5 heteroatoms. The smallest absolute Gasteiger partial charge is 0.224 e. The summed E-state index contributed by atoms with van der Waals surface area (Å²) in [6, 6.07) is 5.16. The summed E-state index contributed by atoms with van der Waals surface area (Å²) in [6.45, 7) is 4.01. The third-order valence-electron chi connectivity index (χ3n) is 1.88. The zero-order valence-electron chi connectivity index (χ0n) is 8.40. The molecule has 0 spiro atoms. The molecule has 86 valence electrons. The molecule has 1 N–H and O–H groups in total. The van der Waals surface area contributed by atoms with Crippen LogP contribution in [-0.4, -0.2) is 12.5 Å². The molecule has 0 unspecified atom stereocenters. The first-order valence-corrected chi connectivity index (χ1v) is 6.08. The Morgan fingerprint density at radius 1 is 1.38 bits per heavy atom. The average molecular weight is 323 g/mol. The van der Waals surface area contributed by atoms with Crippen molar-refractivity contribution < 1.29 is 4.79 Å². The van der Waals surface area contributed by atoms with E-state index in [1.807, 2.05) is 0 Å². The summed E-state index contributed by atoms with van der Waals surface area (Å²) in [7, 11) is 0. The van der Waals surface area contributed by atoms with Crippen LogP contribution in [0.2, 0.25) is 10.0 Å². The van der Waals surface area contributed by atoms with E-state index in [0.717, 1.165) is 0 Å². The van der Waals surface area contributed by atoms with E-state index in [1.54, 1.807) is 18.2 Å². The second-order valence-electron chi connectivity index (χ2n) is 3.17. The molecule has 0 saturated carbocycles. The number of rotatable bonds is 4. The first-order chi connectivity index (χ1) is 7.50. The molecule has 1 aromatic carbocycles. The number of nitrogens with one attached hydrogen (secondary N) is 1. The molecule has 0 radical (unpaired) electrons. The maximum absolute atomic E-state index is 11.5. The van der Waals surface area contributed by atoms with Gasteiger partial charge in [0.05, 0.1) is 6.42 Å². The van der Waals surface area contributed by atoms with Gasteiger partial charge in [0.2, 0.25) is 5.91 Å². The molecular formula is C11H10BrCl2NO. The van der Waals surface area contributed by atoms with Crippen molar-refractivity contribution in [2.45, 2.75) is 6.42 Å². The van der Waals surface area contributed by atoms with E-state index in [4.69, 9.17) is 23.2 Å². The number of halogens is 3. The van der Waals surface area contributed by atoms with Crippen molar-refractivity contribution in [2.24, 2.45) is 0 Å². The molecule has 16 heavy (non-hydrogen) atoms. The third-order valence-corrected chi connectivity index (χ3v) is 2.86. The fourth-order valence-corrected chi connectivity index (χ4v) is 1.79. The van der Waals surface area contributed by atoms with Crippen LogP contribution in [0.3, 0.4) is 0 Å². The third kappa shape index (κ3) is 4.16. The Kier molecular flexibility index (Phi) is 5.32. The van der Waals surface area contributed by atoms with Gasteiger partial charge in [0.15, 0.2) is 0 Å². The van der Waals surface area contributed by atoms with Gasteiger partial charge in [-0.3, -0.25) is 4.79 Å². The van der Waals surface area contributed by atoms with Gasteiger partial charge in [-0.25, -0.2) is 0 Å². The quantitative estimate of drug-likeness (QED) is 0.902. The Bertz CT molecular complexity index is 400. The molecule has 1 amide bonds. The molecular weight excluding hydrogens is 313 g/mol. The van der Waals surface area contributed by atoms with E-state index < -0.39 is 0 Å². The molecule has 1 rings (SSSR count). The van der Waals surface area contributed by atoms with Crippen LogP contribution in [-0.2, 0) is 11.2 Å². The highest BCUT2D eigenvalue weighted by Crippen LogP contribution is 2.24. The van der Waals surface area contributed by atoms with Crippen LogP contribution in [0.1, 0.15) is 5.56 Å². The van der Waals surface area contributed by atoms with Crippen LogP contribution >= 0.6 is 39.1 Å². The summed E-state index contributed by atoms with van der Waals surface area (Å²) in [6.07, 6.45) is 0.165. The second-order valence-corrected chi connectivity index (χ2v) is 5.11. The fraction of sp³-hybridized carbons (Fsp3) is 0.182. The Balaban J connectivity index is 2.66. The minimum Gasteiger partial charge on any atom is -0.351 e. The molecule has 1 aromatic rings. The van der Waals surface area contributed by atoms with Crippen molar-refractivity contribution >= 4 is 45.0 Å². The lowest BCUT2D eigenvalue weighted by Crippen LogP contribution is -2.26. The minimum absolute atomic E-state index is 0.143. The van der Waals surface area contributed by atoms with E-state index in [2.05, 4.69) is 27.8 Å². The highest BCUT2D eigenvalue weighted by atomic mass is 79.9. The van der Waals surface area contributed by atoms with E-state index in [0.29, 0.717) is 26.6 Å². The molecule has 0 saturated heterocycles. The highest BCUT2D eigenvalue weighted by molar-refractivity contribution is 9.11. The van der Waals surface area contributed by atoms with Gasteiger partial charge in [0, 0.05) is 21.1 Å². The summed E-state index contributed by atoms with van der Waals surface area (Å²) in [4.78, 5) is 11.5. The number of hydrogen-bond donors (Lipinski definition) is 1.